The summed E-state index contributed by atoms with van der Waals surface area (Å²) < 4.78 is 14.4. The summed E-state index contributed by atoms with van der Waals surface area (Å²) in [6, 6.07) is 0.212. The molecule has 2 amide bonds. The summed E-state index contributed by atoms with van der Waals surface area (Å²) in [5.74, 6) is -1.89. The van der Waals surface area contributed by atoms with Gasteiger partial charge >= 0.3 is 23.9 Å². The van der Waals surface area contributed by atoms with Crippen molar-refractivity contribution in [2.45, 2.75) is 126 Å². The average Bonchev–Trinajstić information content (AvgIpc) is 3.04. The number of carboxylic acids is 1. The van der Waals surface area contributed by atoms with Crippen molar-refractivity contribution in [3.63, 3.8) is 0 Å². The van der Waals surface area contributed by atoms with Crippen LogP contribution in [-0.4, -0.2) is 73.7 Å². The molecule has 1 saturated carbocycles. The van der Waals surface area contributed by atoms with Crippen LogP contribution in [0.1, 0.15) is 120 Å². The van der Waals surface area contributed by atoms with Gasteiger partial charge in [0.05, 0.1) is 31.3 Å². The molecule has 0 aromatic carbocycles. The Balaban J connectivity index is 0. The highest BCUT2D eigenvalue weighted by Crippen LogP contribution is 2.27. The molecule has 1 fully saturated rings. The predicted octanol–water partition coefficient (Wildman–Crippen LogP) is 5.37. The number of nitrogens with one attached hydrogen (secondary N) is 2. The van der Waals surface area contributed by atoms with E-state index in [9.17, 15) is 28.8 Å². The van der Waals surface area contributed by atoms with Gasteiger partial charge in [-0.3, -0.25) is 28.8 Å². The van der Waals surface area contributed by atoms with Gasteiger partial charge in [-0.15, -0.1) is 6.58 Å². The van der Waals surface area contributed by atoms with Crippen LogP contribution in [0, 0.1) is 22.2 Å². The molecule has 0 spiro atoms. The summed E-state index contributed by atoms with van der Waals surface area (Å²) in [7, 11) is 1.43. The van der Waals surface area contributed by atoms with E-state index < -0.39 is 17.4 Å². The number of esters is 3. The quantitative estimate of drug-likeness (QED) is 0.0838. The molecular weight excluding hydrogens is 608 g/mol. The van der Waals surface area contributed by atoms with E-state index in [1.807, 2.05) is 48.5 Å². The number of methoxy groups -OCH3 is 1. The highest BCUT2D eigenvalue weighted by atomic mass is 16.6. The second kappa shape index (κ2) is 23.0. The summed E-state index contributed by atoms with van der Waals surface area (Å²) >= 11 is 0. The van der Waals surface area contributed by atoms with Gasteiger partial charge < -0.3 is 30.0 Å². The molecule has 0 saturated heterocycles. The van der Waals surface area contributed by atoms with Gasteiger partial charge in [0, 0.05) is 23.4 Å². The first kappa shape index (κ1) is 45.7. The van der Waals surface area contributed by atoms with Crippen LogP contribution < -0.4 is 10.6 Å². The van der Waals surface area contributed by atoms with Crippen LogP contribution in [0.2, 0.25) is 0 Å². The van der Waals surface area contributed by atoms with Gasteiger partial charge in [0.15, 0.2) is 0 Å². The number of carbonyl (C=O) groups excluding carboxylic acids is 5. The van der Waals surface area contributed by atoms with E-state index in [1.165, 1.54) is 7.11 Å². The topological polar surface area (TPSA) is 174 Å². The maximum absolute atomic E-state index is 12.0. The van der Waals surface area contributed by atoms with Crippen molar-refractivity contribution in [2.75, 3.05) is 26.9 Å². The van der Waals surface area contributed by atoms with Crippen molar-refractivity contribution in [1.29, 1.82) is 0 Å². The predicted molar refractivity (Wildman–Crippen MR) is 180 cm³/mol. The van der Waals surface area contributed by atoms with Gasteiger partial charge in [0.1, 0.15) is 13.2 Å². The number of aliphatic carboxylic acids is 1. The lowest BCUT2D eigenvalue weighted by Gasteiger charge is -2.30. The number of carboxylic acid groups (broad SMARTS) is 1. The van der Waals surface area contributed by atoms with E-state index >= 15 is 0 Å². The summed E-state index contributed by atoms with van der Waals surface area (Å²) in [6.07, 6.45) is 6.94. The maximum atomic E-state index is 12.0. The molecule has 12 heteroatoms. The van der Waals surface area contributed by atoms with Crippen molar-refractivity contribution >= 4 is 35.7 Å². The molecule has 272 valence electrons. The zero-order chi connectivity index (χ0) is 36.8. The molecule has 0 atom stereocenters. The molecule has 0 aromatic rings. The maximum Gasteiger partial charge on any atom is 0.311 e. The lowest BCUT2D eigenvalue weighted by atomic mass is 9.84. The first-order valence-corrected chi connectivity index (χ1v) is 16.6. The fourth-order valence-electron chi connectivity index (χ4n) is 3.66. The van der Waals surface area contributed by atoms with E-state index in [2.05, 4.69) is 17.2 Å². The summed E-state index contributed by atoms with van der Waals surface area (Å²) in [4.78, 5) is 67.4. The smallest absolute Gasteiger partial charge is 0.311 e. The molecule has 47 heavy (non-hydrogen) atoms. The van der Waals surface area contributed by atoms with E-state index in [4.69, 9.17) is 19.3 Å². The molecule has 0 radical (unpaired) electrons. The highest BCUT2D eigenvalue weighted by Gasteiger charge is 2.31. The first-order chi connectivity index (χ1) is 21.7. The molecule has 1 aliphatic rings. The van der Waals surface area contributed by atoms with Crippen molar-refractivity contribution in [3.8, 4) is 0 Å². The molecule has 12 nitrogen and oxygen atoms in total. The van der Waals surface area contributed by atoms with Crippen LogP contribution >= 0.6 is 0 Å². The summed E-state index contributed by atoms with van der Waals surface area (Å²) in [6.45, 7) is 21.3. The lowest BCUT2D eigenvalue weighted by molar-refractivity contribution is -0.159. The lowest BCUT2D eigenvalue weighted by Crippen LogP contribution is -2.44. The van der Waals surface area contributed by atoms with Gasteiger partial charge in [0.25, 0.3) is 0 Å². The van der Waals surface area contributed by atoms with Crippen LogP contribution in [0.15, 0.2) is 12.7 Å². The Morgan fingerprint density at radius 2 is 1.26 bits per heavy atom. The van der Waals surface area contributed by atoms with Crippen molar-refractivity contribution in [3.05, 3.63) is 12.7 Å². The molecule has 1 rings (SSSR count). The third-order valence-electron chi connectivity index (χ3n) is 8.56. The molecule has 0 heterocycles. The number of hydrogen-bond donors (Lipinski definition) is 3. The molecular formula is C35H62N2O10. The number of rotatable bonds is 16. The Kier molecular flexibility index (Phi) is 22.3. The summed E-state index contributed by atoms with van der Waals surface area (Å²) in [5, 5.41) is 14.2. The van der Waals surface area contributed by atoms with Crippen molar-refractivity contribution in [2.24, 2.45) is 22.2 Å². The third-order valence-corrected chi connectivity index (χ3v) is 8.56. The molecule has 0 aliphatic heterocycles. The Bertz CT molecular complexity index is 1010. The Morgan fingerprint density at radius 1 is 0.766 bits per heavy atom. The van der Waals surface area contributed by atoms with Crippen LogP contribution in [0.3, 0.4) is 0 Å². The standard InChI is InChI=1S/C14H25NO3.C12H20O6.C9H17NO/c1-5-14(2,3)13(17)15-11-8-6-10(7-9-11)12(16)18-4;1-4-12(2,3)11(16)18-8-7-17-10(15)6-5-9(13)14;1-5-7-10-8(11)9(3,4)6-2/h10-11H,5-9H2,1-4H3,(H,15,17);4-8H2,1-3H3,(H,13,14);5H,1,6-7H2,2-4H3,(H,10,11). The fourth-order valence-corrected chi connectivity index (χ4v) is 3.66. The van der Waals surface area contributed by atoms with Crippen LogP contribution in [0.5, 0.6) is 0 Å². The molecule has 0 bridgehead atoms. The molecule has 3 N–H and O–H groups in total. The van der Waals surface area contributed by atoms with E-state index in [0.717, 1.165) is 38.5 Å². The number of amides is 2. The molecule has 0 aromatic heterocycles. The minimum Gasteiger partial charge on any atom is -0.481 e. The number of hydrogen-bond acceptors (Lipinski definition) is 9. The Labute approximate surface area is 282 Å². The zero-order valence-electron chi connectivity index (χ0n) is 30.5. The second-order valence-corrected chi connectivity index (χ2v) is 13.5. The van der Waals surface area contributed by atoms with Crippen molar-refractivity contribution in [1.82, 2.24) is 10.6 Å². The Morgan fingerprint density at radius 3 is 1.70 bits per heavy atom. The third kappa shape index (κ3) is 19.7. The van der Waals surface area contributed by atoms with Gasteiger partial charge in [0.2, 0.25) is 11.8 Å². The van der Waals surface area contributed by atoms with Gasteiger partial charge in [-0.1, -0.05) is 54.5 Å². The van der Waals surface area contributed by atoms with E-state index in [1.54, 1.807) is 19.9 Å². The van der Waals surface area contributed by atoms with Crippen LogP contribution in [-0.2, 0) is 43.0 Å². The molecule has 1 aliphatic carbocycles. The van der Waals surface area contributed by atoms with E-state index in [-0.39, 0.29) is 72.6 Å². The van der Waals surface area contributed by atoms with Gasteiger partial charge in [-0.05, 0) is 58.8 Å². The van der Waals surface area contributed by atoms with Crippen LogP contribution in [0.25, 0.3) is 0 Å². The normalized spacial score (nSPS) is 16.0. The highest BCUT2D eigenvalue weighted by molar-refractivity contribution is 5.82. The SMILES string of the molecule is C=CCNC(=O)C(C)(C)CC.CCC(C)(C)C(=O)NC1CCC(C(=O)OC)CC1.CCC(C)(C)C(=O)OCCOC(=O)CCC(=O)O. The number of carbonyl (C=O) groups is 6. The molecule has 0 unspecified atom stereocenters. The number of ether oxygens (including phenoxy) is 3. The van der Waals surface area contributed by atoms with Crippen LogP contribution in [0.4, 0.5) is 0 Å². The Hall–Kier alpha value is -3.44. The average molecular weight is 671 g/mol. The second-order valence-electron chi connectivity index (χ2n) is 13.5. The largest absolute Gasteiger partial charge is 0.481 e. The van der Waals surface area contributed by atoms with Gasteiger partial charge in [-0.2, -0.15) is 0 Å². The monoisotopic (exact) mass is 670 g/mol. The minimum atomic E-state index is -1.05. The zero-order valence-corrected chi connectivity index (χ0v) is 30.5. The van der Waals surface area contributed by atoms with E-state index in [0.29, 0.717) is 13.0 Å². The first-order valence-electron chi connectivity index (χ1n) is 16.6. The fraction of sp³-hybridized carbons (Fsp3) is 0.771. The van der Waals surface area contributed by atoms with Gasteiger partial charge in [-0.25, -0.2) is 0 Å². The minimum absolute atomic E-state index is 0.0128. The summed E-state index contributed by atoms with van der Waals surface area (Å²) in [5.41, 5.74) is -1.10. The van der Waals surface area contributed by atoms with Crippen molar-refractivity contribution < 1.29 is 48.1 Å².